The van der Waals surface area contributed by atoms with Crippen LogP contribution in [0.25, 0.3) is 0 Å². The molecule has 22 heavy (non-hydrogen) atoms. The number of benzene rings is 1. The summed E-state index contributed by atoms with van der Waals surface area (Å²) in [4.78, 5) is 1.04. The first-order valence-corrected chi connectivity index (χ1v) is 9.37. The minimum atomic E-state index is -3.68. The fraction of sp³-hybridized carbons (Fsp3) is 0.133. The summed E-state index contributed by atoms with van der Waals surface area (Å²) in [5.41, 5.74) is 0.318. The predicted molar refractivity (Wildman–Crippen MR) is 91.0 cm³/mol. The molecule has 0 aliphatic heterocycles. The maximum absolute atomic E-state index is 12.8. The van der Waals surface area contributed by atoms with Crippen molar-refractivity contribution in [3.8, 4) is 6.07 Å². The first-order chi connectivity index (χ1) is 10.5. The van der Waals surface area contributed by atoms with Crippen molar-refractivity contribution in [2.24, 2.45) is 0 Å². The Labute approximate surface area is 142 Å². The van der Waals surface area contributed by atoms with E-state index in [-0.39, 0.29) is 18.0 Å². The van der Waals surface area contributed by atoms with Crippen molar-refractivity contribution in [3.05, 3.63) is 63.3 Å². The van der Waals surface area contributed by atoms with Crippen LogP contribution in [0.5, 0.6) is 0 Å². The highest BCUT2D eigenvalue weighted by atomic mass is 79.9. The lowest BCUT2D eigenvalue weighted by Crippen LogP contribution is -2.30. The van der Waals surface area contributed by atoms with Gasteiger partial charge in [0.1, 0.15) is 0 Å². The van der Waals surface area contributed by atoms with Crippen LogP contribution in [0.4, 0.5) is 0 Å². The second-order valence-corrected chi connectivity index (χ2v) is 8.92. The predicted octanol–water partition coefficient (Wildman–Crippen LogP) is 3.76. The summed E-state index contributed by atoms with van der Waals surface area (Å²) in [5.74, 6) is 0. The third-order valence-electron chi connectivity index (χ3n) is 2.89. The number of sulfonamides is 1. The minimum absolute atomic E-state index is 0.115. The van der Waals surface area contributed by atoms with Gasteiger partial charge in [-0.15, -0.1) is 17.9 Å². The van der Waals surface area contributed by atoms with Gasteiger partial charge in [-0.1, -0.05) is 12.1 Å². The summed E-state index contributed by atoms with van der Waals surface area (Å²) in [6.45, 7) is 4.09. The zero-order valence-electron chi connectivity index (χ0n) is 11.6. The van der Waals surface area contributed by atoms with Crippen molar-refractivity contribution in [3.63, 3.8) is 0 Å². The molecule has 1 aromatic carbocycles. The van der Waals surface area contributed by atoms with Gasteiger partial charge in [0.15, 0.2) is 0 Å². The number of nitrogens with zero attached hydrogens (tertiary/aromatic N) is 2. The van der Waals surface area contributed by atoms with E-state index in [0.717, 1.165) is 8.66 Å². The molecule has 0 N–H and O–H groups in total. The number of hydrogen-bond acceptors (Lipinski definition) is 4. The molecule has 4 nitrogen and oxygen atoms in total. The molecule has 0 atom stereocenters. The van der Waals surface area contributed by atoms with E-state index in [4.69, 9.17) is 5.26 Å². The zero-order chi connectivity index (χ0) is 16.2. The normalized spacial score (nSPS) is 11.3. The van der Waals surface area contributed by atoms with Gasteiger partial charge in [0.2, 0.25) is 10.0 Å². The topological polar surface area (TPSA) is 61.2 Å². The maximum atomic E-state index is 12.8. The highest BCUT2D eigenvalue weighted by Gasteiger charge is 2.24. The first-order valence-electron chi connectivity index (χ1n) is 6.33. The third kappa shape index (κ3) is 3.84. The fourth-order valence-electron chi connectivity index (χ4n) is 1.88. The zero-order valence-corrected chi connectivity index (χ0v) is 14.8. The Hall–Kier alpha value is -1.46. The molecule has 0 saturated carbocycles. The largest absolute Gasteiger partial charge is 0.243 e. The molecular weight excluding hydrogens is 384 g/mol. The second kappa shape index (κ2) is 7.20. The second-order valence-electron chi connectivity index (χ2n) is 4.43. The van der Waals surface area contributed by atoms with Crippen LogP contribution in [0.3, 0.4) is 0 Å². The average Bonchev–Trinajstić information content (AvgIpc) is 2.92. The van der Waals surface area contributed by atoms with Crippen LogP contribution in [0, 0.1) is 11.3 Å². The van der Waals surface area contributed by atoms with E-state index < -0.39 is 10.0 Å². The molecular formula is C15H13BrN2O2S2. The highest BCUT2D eigenvalue weighted by Crippen LogP contribution is 2.26. The molecule has 0 radical (unpaired) electrons. The molecule has 1 heterocycles. The monoisotopic (exact) mass is 396 g/mol. The summed E-state index contributed by atoms with van der Waals surface area (Å²) in [6.07, 6.45) is 1.55. The fourth-order valence-corrected chi connectivity index (χ4v) is 4.89. The Morgan fingerprint density at radius 1 is 1.36 bits per heavy atom. The summed E-state index contributed by atoms with van der Waals surface area (Å²) in [5, 5.41) is 8.93. The van der Waals surface area contributed by atoms with Gasteiger partial charge in [0.25, 0.3) is 0 Å². The molecule has 0 spiro atoms. The van der Waals surface area contributed by atoms with Crippen LogP contribution in [0.2, 0.25) is 0 Å². The van der Waals surface area contributed by atoms with E-state index in [1.807, 2.05) is 18.2 Å². The lowest BCUT2D eigenvalue weighted by molar-refractivity contribution is 0.441. The third-order valence-corrected chi connectivity index (χ3v) is 6.31. The van der Waals surface area contributed by atoms with E-state index >= 15 is 0 Å². The van der Waals surface area contributed by atoms with E-state index in [0.29, 0.717) is 5.56 Å². The van der Waals surface area contributed by atoms with Crippen LogP contribution in [0.1, 0.15) is 10.4 Å². The molecule has 0 unspecified atom stereocenters. The molecule has 114 valence electrons. The van der Waals surface area contributed by atoms with Gasteiger partial charge in [-0.2, -0.15) is 9.57 Å². The van der Waals surface area contributed by atoms with Gasteiger partial charge >= 0.3 is 0 Å². The number of halogens is 1. The van der Waals surface area contributed by atoms with E-state index in [9.17, 15) is 8.42 Å². The number of hydrogen-bond donors (Lipinski definition) is 0. The van der Waals surface area contributed by atoms with Crippen LogP contribution in [-0.4, -0.2) is 19.3 Å². The summed E-state index contributed by atoms with van der Waals surface area (Å²) >= 11 is 4.85. The highest BCUT2D eigenvalue weighted by molar-refractivity contribution is 9.11. The van der Waals surface area contributed by atoms with Gasteiger partial charge in [-0.05, 0) is 46.3 Å². The van der Waals surface area contributed by atoms with E-state index in [1.165, 1.54) is 27.8 Å². The number of thiophene rings is 1. The van der Waals surface area contributed by atoms with Crippen molar-refractivity contribution in [2.45, 2.75) is 11.4 Å². The molecule has 0 amide bonds. The molecule has 0 aliphatic carbocycles. The molecule has 0 bridgehead atoms. The molecule has 0 aliphatic rings. The van der Waals surface area contributed by atoms with Crippen molar-refractivity contribution in [1.82, 2.24) is 4.31 Å². The lowest BCUT2D eigenvalue weighted by atomic mass is 10.2. The van der Waals surface area contributed by atoms with Gasteiger partial charge in [0.05, 0.1) is 20.3 Å². The van der Waals surface area contributed by atoms with Crippen molar-refractivity contribution < 1.29 is 8.42 Å². The molecule has 2 rings (SSSR count). The summed E-state index contributed by atoms with van der Waals surface area (Å²) < 4.78 is 27.8. The van der Waals surface area contributed by atoms with Crippen molar-refractivity contribution >= 4 is 37.3 Å². The number of nitriles is 1. The Bertz CT molecular complexity index is 822. The van der Waals surface area contributed by atoms with E-state index in [2.05, 4.69) is 22.5 Å². The molecule has 1 aromatic heterocycles. The molecule has 0 saturated heterocycles. The quantitative estimate of drug-likeness (QED) is 0.698. The Morgan fingerprint density at radius 3 is 2.73 bits per heavy atom. The SMILES string of the molecule is C=CCN(Cc1ccc(Br)s1)S(=O)(=O)c1cccc(C#N)c1. The lowest BCUT2D eigenvalue weighted by Gasteiger charge is -2.20. The Kier molecular flexibility index (Phi) is 5.53. The van der Waals surface area contributed by atoms with Crippen molar-refractivity contribution in [2.75, 3.05) is 6.54 Å². The van der Waals surface area contributed by atoms with Crippen LogP contribution in [0.15, 0.2) is 57.7 Å². The van der Waals surface area contributed by atoms with Crippen LogP contribution >= 0.6 is 27.3 Å². The molecule has 7 heteroatoms. The number of rotatable bonds is 6. The standard InChI is InChI=1S/C15H13BrN2O2S2/c1-2-8-18(11-13-6-7-15(16)21-13)22(19,20)14-5-3-4-12(9-14)10-17/h2-7,9H,1,8,11H2. The summed E-state index contributed by atoms with van der Waals surface area (Å²) in [6, 6.07) is 11.7. The average molecular weight is 397 g/mol. The van der Waals surface area contributed by atoms with Crippen LogP contribution < -0.4 is 0 Å². The molecule has 0 fully saturated rings. The minimum Gasteiger partial charge on any atom is -0.207 e. The van der Waals surface area contributed by atoms with Crippen LogP contribution in [-0.2, 0) is 16.6 Å². The van der Waals surface area contributed by atoms with Gasteiger partial charge < -0.3 is 0 Å². The van der Waals surface area contributed by atoms with Crippen molar-refractivity contribution in [1.29, 1.82) is 5.26 Å². The van der Waals surface area contributed by atoms with Gasteiger partial charge in [0, 0.05) is 18.0 Å². The smallest absolute Gasteiger partial charge is 0.207 e. The maximum Gasteiger partial charge on any atom is 0.243 e. The van der Waals surface area contributed by atoms with E-state index in [1.54, 1.807) is 18.2 Å². The Morgan fingerprint density at radius 2 is 2.14 bits per heavy atom. The first kappa shape index (κ1) is 16.9. The molecule has 2 aromatic rings. The Balaban J connectivity index is 2.37. The van der Waals surface area contributed by atoms with Gasteiger partial charge in [-0.25, -0.2) is 8.42 Å². The van der Waals surface area contributed by atoms with Gasteiger partial charge in [-0.3, -0.25) is 0 Å². The summed E-state index contributed by atoms with van der Waals surface area (Å²) in [7, 11) is -3.68.